The molecule has 0 radical (unpaired) electrons. The molecule has 0 atom stereocenters. The molecule has 3 rings (SSSR count). The van der Waals surface area contributed by atoms with E-state index in [4.69, 9.17) is 9.47 Å². The highest BCUT2D eigenvalue weighted by atomic mass is 32.2. The van der Waals surface area contributed by atoms with Crippen LogP contribution in [-0.4, -0.2) is 39.6 Å². The van der Waals surface area contributed by atoms with E-state index in [1.807, 2.05) is 18.2 Å². The maximum absolute atomic E-state index is 14.3. The maximum atomic E-state index is 14.3. The standard InChI is InChI=1S/C22H25FO5S/c1-3-29(25,26)11-5-10-28-17-8-9-18-15(12-17)6-4-7-16-13-21(23)20(14-19(16)18)22(24)27-2/h8-9,12-14H,3-7,10-11H2,1-2H3. The Morgan fingerprint density at radius 3 is 2.52 bits per heavy atom. The molecule has 0 aromatic heterocycles. The average Bonchev–Trinajstić information content (AvgIpc) is 2.88. The number of carbonyl (C=O) groups excluding carboxylic acids is 1. The molecule has 0 bridgehead atoms. The second-order valence-corrected chi connectivity index (χ2v) is 9.56. The van der Waals surface area contributed by atoms with Gasteiger partial charge in [-0.25, -0.2) is 17.6 Å². The lowest BCUT2D eigenvalue weighted by molar-refractivity contribution is 0.0595. The predicted molar refractivity (Wildman–Crippen MR) is 110 cm³/mol. The van der Waals surface area contributed by atoms with E-state index in [9.17, 15) is 17.6 Å². The van der Waals surface area contributed by atoms with Crippen molar-refractivity contribution in [2.24, 2.45) is 0 Å². The molecule has 1 aliphatic carbocycles. The fraction of sp³-hybridized carbons (Fsp3) is 0.409. The third-order valence-corrected chi connectivity index (χ3v) is 6.96. The molecule has 0 fully saturated rings. The maximum Gasteiger partial charge on any atom is 0.340 e. The van der Waals surface area contributed by atoms with Crippen molar-refractivity contribution in [1.82, 2.24) is 0 Å². The van der Waals surface area contributed by atoms with Gasteiger partial charge in [-0.3, -0.25) is 0 Å². The van der Waals surface area contributed by atoms with Crippen LogP contribution >= 0.6 is 0 Å². The van der Waals surface area contributed by atoms with Crippen molar-refractivity contribution in [3.8, 4) is 16.9 Å². The lowest BCUT2D eigenvalue weighted by Gasteiger charge is -2.14. The molecule has 0 saturated carbocycles. The molecule has 2 aromatic carbocycles. The van der Waals surface area contributed by atoms with Crippen molar-refractivity contribution < 1.29 is 27.1 Å². The summed E-state index contributed by atoms with van der Waals surface area (Å²) < 4.78 is 47.9. The molecular formula is C22H25FO5S. The van der Waals surface area contributed by atoms with Crippen LogP contribution in [0.1, 0.15) is 41.3 Å². The van der Waals surface area contributed by atoms with Gasteiger partial charge in [-0.2, -0.15) is 0 Å². The van der Waals surface area contributed by atoms with Crippen LogP contribution in [0.25, 0.3) is 11.1 Å². The number of fused-ring (bicyclic) bond motifs is 3. The summed E-state index contributed by atoms with van der Waals surface area (Å²) in [4.78, 5) is 11.9. The number of carbonyl (C=O) groups is 1. The number of hydrogen-bond acceptors (Lipinski definition) is 5. The minimum Gasteiger partial charge on any atom is -0.494 e. The molecule has 5 nitrogen and oxygen atoms in total. The largest absolute Gasteiger partial charge is 0.494 e. The lowest BCUT2D eigenvalue weighted by Crippen LogP contribution is -2.11. The topological polar surface area (TPSA) is 69.7 Å². The number of methoxy groups -OCH3 is 1. The Hall–Kier alpha value is -2.41. The quantitative estimate of drug-likeness (QED) is 0.501. The first-order valence-corrected chi connectivity index (χ1v) is 11.5. The van der Waals surface area contributed by atoms with Gasteiger partial charge >= 0.3 is 5.97 Å². The number of ether oxygens (including phenoxy) is 2. The number of halogens is 1. The molecule has 0 amide bonds. The van der Waals surface area contributed by atoms with Crippen LogP contribution in [0.15, 0.2) is 30.3 Å². The Labute approximate surface area is 170 Å². The van der Waals surface area contributed by atoms with Gasteiger partial charge in [0.15, 0.2) is 0 Å². The van der Waals surface area contributed by atoms with Gasteiger partial charge in [0.25, 0.3) is 0 Å². The summed E-state index contributed by atoms with van der Waals surface area (Å²) >= 11 is 0. The first-order chi connectivity index (χ1) is 13.8. The van der Waals surface area contributed by atoms with Gasteiger partial charge in [-0.15, -0.1) is 0 Å². The third kappa shape index (κ3) is 4.96. The second-order valence-electron chi connectivity index (χ2n) is 7.09. The molecule has 0 aliphatic heterocycles. The van der Waals surface area contributed by atoms with Gasteiger partial charge in [-0.05, 0) is 72.2 Å². The van der Waals surface area contributed by atoms with E-state index >= 15 is 0 Å². The molecular weight excluding hydrogens is 395 g/mol. The van der Waals surface area contributed by atoms with E-state index < -0.39 is 21.6 Å². The van der Waals surface area contributed by atoms with E-state index in [2.05, 4.69) is 0 Å². The van der Waals surface area contributed by atoms with Gasteiger partial charge in [0.1, 0.15) is 21.4 Å². The van der Waals surface area contributed by atoms with Crippen LogP contribution in [0.2, 0.25) is 0 Å². The summed E-state index contributed by atoms with van der Waals surface area (Å²) in [5, 5.41) is 0. The highest BCUT2D eigenvalue weighted by Crippen LogP contribution is 2.36. The van der Waals surface area contributed by atoms with Crippen molar-refractivity contribution in [3.63, 3.8) is 0 Å². The number of sulfone groups is 1. The first kappa shape index (κ1) is 21.3. The fourth-order valence-corrected chi connectivity index (χ4v) is 4.40. The highest BCUT2D eigenvalue weighted by Gasteiger charge is 2.21. The van der Waals surface area contributed by atoms with Gasteiger partial charge in [0.05, 0.1) is 25.0 Å². The lowest BCUT2D eigenvalue weighted by atomic mass is 9.94. The van der Waals surface area contributed by atoms with Crippen LogP contribution in [-0.2, 0) is 27.4 Å². The van der Waals surface area contributed by atoms with Crippen LogP contribution in [0.5, 0.6) is 5.75 Å². The summed E-state index contributed by atoms with van der Waals surface area (Å²) in [6.45, 7) is 1.96. The van der Waals surface area contributed by atoms with E-state index in [1.54, 1.807) is 13.0 Å². The van der Waals surface area contributed by atoms with Crippen molar-refractivity contribution in [3.05, 3.63) is 52.8 Å². The Morgan fingerprint density at radius 2 is 1.83 bits per heavy atom. The van der Waals surface area contributed by atoms with Crippen LogP contribution in [0.3, 0.4) is 0 Å². The highest BCUT2D eigenvalue weighted by molar-refractivity contribution is 7.91. The normalized spacial score (nSPS) is 13.2. The van der Waals surface area contributed by atoms with Crippen LogP contribution in [0.4, 0.5) is 4.39 Å². The molecule has 1 aliphatic rings. The Kier molecular flexibility index (Phi) is 6.57. The van der Waals surface area contributed by atoms with Crippen LogP contribution < -0.4 is 4.74 Å². The Balaban J connectivity index is 1.83. The minimum absolute atomic E-state index is 0.0726. The monoisotopic (exact) mass is 420 g/mol. The van der Waals surface area contributed by atoms with E-state index in [-0.39, 0.29) is 17.1 Å². The van der Waals surface area contributed by atoms with Gasteiger partial charge in [0, 0.05) is 5.75 Å². The zero-order valence-corrected chi connectivity index (χ0v) is 17.5. The van der Waals surface area contributed by atoms with Crippen molar-refractivity contribution in [2.45, 2.75) is 32.6 Å². The third-order valence-electron chi connectivity index (χ3n) is 5.17. The number of hydrogen-bond donors (Lipinski definition) is 0. The fourth-order valence-electron chi connectivity index (χ4n) is 3.55. The number of rotatable bonds is 7. The summed E-state index contributed by atoms with van der Waals surface area (Å²) in [6, 6.07) is 8.67. The zero-order chi connectivity index (χ0) is 21.0. The van der Waals surface area contributed by atoms with Gasteiger partial charge in [-0.1, -0.05) is 13.0 Å². The molecule has 29 heavy (non-hydrogen) atoms. The summed E-state index contributed by atoms with van der Waals surface area (Å²) in [7, 11) is -1.76. The molecule has 7 heteroatoms. The van der Waals surface area contributed by atoms with E-state index in [0.717, 1.165) is 35.1 Å². The number of esters is 1. The minimum atomic E-state index is -2.99. The van der Waals surface area contributed by atoms with Crippen molar-refractivity contribution in [2.75, 3.05) is 25.2 Å². The number of benzene rings is 2. The zero-order valence-electron chi connectivity index (χ0n) is 16.7. The van der Waals surface area contributed by atoms with E-state index in [1.165, 1.54) is 13.2 Å². The van der Waals surface area contributed by atoms with E-state index in [0.29, 0.717) is 25.2 Å². The Morgan fingerprint density at radius 1 is 1.10 bits per heavy atom. The average molecular weight is 421 g/mol. The number of aryl methyl sites for hydroxylation is 2. The molecule has 156 valence electrons. The molecule has 0 heterocycles. The van der Waals surface area contributed by atoms with Crippen molar-refractivity contribution >= 4 is 15.8 Å². The second kappa shape index (κ2) is 8.95. The molecule has 0 N–H and O–H groups in total. The molecule has 0 spiro atoms. The van der Waals surface area contributed by atoms with Gasteiger partial charge in [0.2, 0.25) is 0 Å². The smallest absolute Gasteiger partial charge is 0.340 e. The molecule has 2 aromatic rings. The van der Waals surface area contributed by atoms with Gasteiger partial charge < -0.3 is 9.47 Å². The summed E-state index contributed by atoms with van der Waals surface area (Å²) in [6.07, 6.45) is 2.82. The summed E-state index contributed by atoms with van der Waals surface area (Å²) in [5.74, 6) is -0.334. The van der Waals surface area contributed by atoms with Crippen LogP contribution in [0, 0.1) is 5.82 Å². The molecule has 0 saturated heterocycles. The Bertz CT molecular complexity index is 1010. The van der Waals surface area contributed by atoms with Crippen molar-refractivity contribution in [1.29, 1.82) is 0 Å². The summed E-state index contributed by atoms with van der Waals surface area (Å²) in [5.41, 5.74) is 3.64. The molecule has 0 unspecified atom stereocenters. The predicted octanol–water partition coefficient (Wildman–Crippen LogP) is 3.97. The SMILES string of the molecule is CCS(=O)(=O)CCCOc1ccc2c(c1)CCCc1cc(F)c(C(=O)OC)cc1-2. The first-order valence-electron chi connectivity index (χ1n) is 9.72.